The van der Waals surface area contributed by atoms with E-state index in [0.717, 1.165) is 79.8 Å². The van der Waals surface area contributed by atoms with E-state index in [1.54, 1.807) is 14.2 Å². The summed E-state index contributed by atoms with van der Waals surface area (Å²) in [4.78, 5) is 15.9. The number of methoxy groups -OCH3 is 2. The van der Waals surface area contributed by atoms with Crippen LogP contribution in [0.4, 0.5) is 0 Å². The van der Waals surface area contributed by atoms with Crippen molar-refractivity contribution in [3.63, 3.8) is 0 Å². The zero-order valence-corrected chi connectivity index (χ0v) is 16.2. The van der Waals surface area contributed by atoms with Crippen molar-refractivity contribution in [2.75, 3.05) is 33.9 Å². The fourth-order valence-corrected chi connectivity index (χ4v) is 4.47. The number of carbonyl (C=O) groups excluding carboxylic acids is 1. The zero-order chi connectivity index (χ0) is 18.9. The molecule has 2 heterocycles. The van der Waals surface area contributed by atoms with Crippen LogP contribution >= 0.6 is 0 Å². The Labute approximate surface area is 160 Å². The number of carbonyl (C=O) groups is 1. The molecule has 1 unspecified atom stereocenters. The number of rotatable bonds is 7. The predicted octanol–water partition coefficient (Wildman–Crippen LogP) is 2.62. The van der Waals surface area contributed by atoms with Gasteiger partial charge in [0.15, 0.2) is 0 Å². The maximum absolute atomic E-state index is 12.4. The van der Waals surface area contributed by atoms with Crippen molar-refractivity contribution in [2.45, 2.75) is 32.1 Å². The Bertz CT molecular complexity index is 823. The van der Waals surface area contributed by atoms with Crippen molar-refractivity contribution < 1.29 is 14.3 Å². The molecule has 2 aromatic rings. The van der Waals surface area contributed by atoms with Gasteiger partial charge in [-0.2, -0.15) is 0 Å². The number of aryl methyl sites for hydroxylation is 1. The lowest BCUT2D eigenvalue weighted by molar-refractivity contribution is -0.123. The molecule has 1 aliphatic carbocycles. The van der Waals surface area contributed by atoms with Gasteiger partial charge in [0.1, 0.15) is 11.5 Å². The van der Waals surface area contributed by atoms with Crippen LogP contribution in [0.15, 0.2) is 18.2 Å². The van der Waals surface area contributed by atoms with Gasteiger partial charge in [-0.1, -0.05) is 0 Å². The number of nitrogens with one attached hydrogen (secondary N) is 3. The molecule has 6 heteroatoms. The van der Waals surface area contributed by atoms with Crippen molar-refractivity contribution in [3.05, 3.63) is 23.9 Å². The van der Waals surface area contributed by atoms with Crippen molar-refractivity contribution >= 4 is 16.8 Å². The van der Waals surface area contributed by atoms with Gasteiger partial charge in [-0.15, -0.1) is 0 Å². The standard InChI is InChI=1S/C21H29N3O3/c1-26-15-11-18-16(19(12-15)27-2)10-14(24-18)4-3-7-23-20(25)17-13-21(17)5-8-22-9-6-21/h10-12,17,22,24H,3-9,13H2,1-2H3,(H,23,25). The Kier molecular flexibility index (Phi) is 5.00. The van der Waals surface area contributed by atoms with E-state index in [2.05, 4.69) is 21.7 Å². The second-order valence-corrected chi connectivity index (χ2v) is 7.85. The number of H-pyrrole nitrogens is 1. The minimum Gasteiger partial charge on any atom is -0.497 e. The van der Waals surface area contributed by atoms with Gasteiger partial charge < -0.3 is 25.1 Å². The molecule has 1 amide bonds. The fourth-order valence-electron chi connectivity index (χ4n) is 4.47. The SMILES string of the molecule is COc1cc(OC)c2cc(CCCNC(=O)C3CC34CCNCC4)[nH]c2c1. The fraction of sp³-hybridized carbons (Fsp3) is 0.571. The highest BCUT2D eigenvalue weighted by atomic mass is 16.5. The molecule has 1 atom stereocenters. The van der Waals surface area contributed by atoms with Crippen LogP contribution in [0, 0.1) is 11.3 Å². The Morgan fingerprint density at radius 1 is 1.22 bits per heavy atom. The monoisotopic (exact) mass is 371 g/mol. The van der Waals surface area contributed by atoms with Crippen LogP contribution in [-0.4, -0.2) is 44.7 Å². The summed E-state index contributed by atoms with van der Waals surface area (Å²) < 4.78 is 10.8. The second kappa shape index (κ2) is 7.43. The maximum Gasteiger partial charge on any atom is 0.223 e. The molecule has 1 aromatic heterocycles. The normalized spacial score (nSPS) is 20.6. The van der Waals surface area contributed by atoms with Gasteiger partial charge in [-0.25, -0.2) is 0 Å². The smallest absolute Gasteiger partial charge is 0.223 e. The van der Waals surface area contributed by atoms with Crippen LogP contribution in [0.25, 0.3) is 10.9 Å². The molecule has 3 N–H and O–H groups in total. The van der Waals surface area contributed by atoms with E-state index in [1.165, 1.54) is 0 Å². The number of amides is 1. The molecule has 27 heavy (non-hydrogen) atoms. The van der Waals surface area contributed by atoms with Crippen molar-refractivity contribution in [1.29, 1.82) is 0 Å². The Hall–Kier alpha value is -2.21. The summed E-state index contributed by atoms with van der Waals surface area (Å²) in [5, 5.41) is 7.59. The average molecular weight is 371 g/mol. The van der Waals surface area contributed by atoms with Crippen LogP contribution in [0.2, 0.25) is 0 Å². The van der Waals surface area contributed by atoms with Gasteiger partial charge in [-0.3, -0.25) is 4.79 Å². The molecule has 1 aromatic carbocycles. The van der Waals surface area contributed by atoms with E-state index in [0.29, 0.717) is 5.41 Å². The van der Waals surface area contributed by atoms with Crippen molar-refractivity contribution in [1.82, 2.24) is 15.6 Å². The number of ether oxygens (including phenoxy) is 2. The quantitative estimate of drug-likeness (QED) is 0.654. The molecule has 1 aliphatic heterocycles. The summed E-state index contributed by atoms with van der Waals surface area (Å²) in [6, 6.07) is 6.00. The lowest BCUT2D eigenvalue weighted by Gasteiger charge is -2.23. The third kappa shape index (κ3) is 3.63. The molecular formula is C21H29N3O3. The van der Waals surface area contributed by atoms with Gasteiger partial charge in [0.25, 0.3) is 0 Å². The van der Waals surface area contributed by atoms with Gasteiger partial charge >= 0.3 is 0 Å². The third-order valence-electron chi connectivity index (χ3n) is 6.21. The highest BCUT2D eigenvalue weighted by Gasteiger charge is 2.57. The lowest BCUT2D eigenvalue weighted by atomic mass is 9.92. The van der Waals surface area contributed by atoms with E-state index >= 15 is 0 Å². The third-order valence-corrected chi connectivity index (χ3v) is 6.21. The van der Waals surface area contributed by atoms with E-state index < -0.39 is 0 Å². The molecule has 1 spiro atoms. The molecule has 0 radical (unpaired) electrons. The number of hydrogen-bond donors (Lipinski definition) is 3. The molecule has 2 fully saturated rings. The number of hydrogen-bond acceptors (Lipinski definition) is 4. The van der Waals surface area contributed by atoms with E-state index in [9.17, 15) is 4.79 Å². The summed E-state index contributed by atoms with van der Waals surface area (Å²) in [5.41, 5.74) is 2.46. The first-order valence-electron chi connectivity index (χ1n) is 9.87. The van der Waals surface area contributed by atoms with Crippen LogP contribution in [-0.2, 0) is 11.2 Å². The molecule has 146 valence electrons. The van der Waals surface area contributed by atoms with Gasteiger partial charge in [-0.05, 0) is 56.7 Å². The zero-order valence-electron chi connectivity index (χ0n) is 16.2. The number of benzene rings is 1. The van der Waals surface area contributed by atoms with Gasteiger partial charge in [0.05, 0.1) is 19.7 Å². The molecule has 2 aliphatic rings. The second-order valence-electron chi connectivity index (χ2n) is 7.85. The first-order chi connectivity index (χ1) is 13.1. The maximum atomic E-state index is 12.4. The van der Waals surface area contributed by atoms with Crippen LogP contribution in [0.3, 0.4) is 0 Å². The number of piperidine rings is 1. The molecule has 4 rings (SSSR count). The van der Waals surface area contributed by atoms with E-state index in [1.807, 2.05) is 12.1 Å². The number of aromatic amines is 1. The lowest BCUT2D eigenvalue weighted by Crippen LogP contribution is -2.34. The van der Waals surface area contributed by atoms with Crippen LogP contribution in [0.1, 0.15) is 31.4 Å². The first kappa shape index (κ1) is 18.2. The number of fused-ring (bicyclic) bond motifs is 1. The van der Waals surface area contributed by atoms with E-state index in [4.69, 9.17) is 9.47 Å². The van der Waals surface area contributed by atoms with Gasteiger partial charge in [0.2, 0.25) is 5.91 Å². The van der Waals surface area contributed by atoms with Crippen LogP contribution in [0.5, 0.6) is 11.5 Å². The van der Waals surface area contributed by atoms with Crippen molar-refractivity contribution in [3.8, 4) is 11.5 Å². The van der Waals surface area contributed by atoms with Crippen LogP contribution < -0.4 is 20.1 Å². The minimum atomic E-state index is 0.240. The Morgan fingerprint density at radius 3 is 2.78 bits per heavy atom. The number of aromatic nitrogens is 1. The summed E-state index contributed by atoms with van der Waals surface area (Å²) in [6.07, 6.45) is 5.17. The summed E-state index contributed by atoms with van der Waals surface area (Å²) in [7, 11) is 3.32. The first-order valence-corrected chi connectivity index (χ1v) is 9.87. The average Bonchev–Trinajstić information content (AvgIpc) is 3.21. The van der Waals surface area contributed by atoms with Crippen molar-refractivity contribution in [2.24, 2.45) is 11.3 Å². The van der Waals surface area contributed by atoms with E-state index in [-0.39, 0.29) is 11.8 Å². The largest absolute Gasteiger partial charge is 0.497 e. The molecular weight excluding hydrogens is 342 g/mol. The summed E-state index contributed by atoms with van der Waals surface area (Å²) in [6.45, 7) is 2.83. The summed E-state index contributed by atoms with van der Waals surface area (Å²) in [5.74, 6) is 2.07. The van der Waals surface area contributed by atoms with Gasteiger partial charge in [0, 0.05) is 35.7 Å². The molecule has 1 saturated heterocycles. The predicted molar refractivity (Wildman–Crippen MR) is 105 cm³/mol. The highest BCUT2D eigenvalue weighted by molar-refractivity contribution is 5.88. The minimum absolute atomic E-state index is 0.240. The highest BCUT2D eigenvalue weighted by Crippen LogP contribution is 2.58. The Morgan fingerprint density at radius 2 is 2.04 bits per heavy atom. The molecule has 6 nitrogen and oxygen atoms in total. The topological polar surface area (TPSA) is 75.4 Å². The molecule has 1 saturated carbocycles. The Balaban J connectivity index is 1.29. The molecule has 0 bridgehead atoms. The summed E-state index contributed by atoms with van der Waals surface area (Å²) >= 11 is 0.